The molecule has 1 heterocycles. The van der Waals surface area contributed by atoms with Gasteiger partial charge >= 0.3 is 0 Å². The van der Waals surface area contributed by atoms with Gasteiger partial charge in [-0.1, -0.05) is 0 Å². The van der Waals surface area contributed by atoms with Gasteiger partial charge in [0.1, 0.15) is 12.2 Å². The summed E-state index contributed by atoms with van der Waals surface area (Å²) in [6.45, 7) is 2.06. The molecule has 0 radical (unpaired) electrons. The Kier molecular flexibility index (Phi) is 10.6. The summed E-state index contributed by atoms with van der Waals surface area (Å²) in [4.78, 5) is 0. The normalized spacial score (nSPS) is 9.00. The smallest absolute Gasteiger partial charge is 0.146 e. The summed E-state index contributed by atoms with van der Waals surface area (Å²) in [5.74, 6) is 0.825. The summed E-state index contributed by atoms with van der Waals surface area (Å²) in [6, 6.07) is 0. The van der Waals surface area contributed by atoms with E-state index < -0.39 is 0 Å². The zero-order chi connectivity index (χ0) is 8.81. The van der Waals surface area contributed by atoms with Crippen molar-refractivity contribution in [1.82, 2.24) is 14.8 Å². The maximum absolute atomic E-state index is 5.44. The summed E-state index contributed by atoms with van der Waals surface area (Å²) < 4.78 is 6.87. The third-order valence-corrected chi connectivity index (χ3v) is 1.63. The van der Waals surface area contributed by atoms with E-state index in [0.717, 1.165) is 25.4 Å². The maximum Gasteiger partial charge on any atom is 0.146 e. The molecular formula is C7H16Cl2N4O. The first-order valence-electron chi connectivity index (χ1n) is 3.94. The van der Waals surface area contributed by atoms with Crippen molar-refractivity contribution in [2.45, 2.75) is 19.5 Å². The third kappa shape index (κ3) is 4.76. The number of halogens is 2. The zero-order valence-corrected chi connectivity index (χ0v) is 9.68. The number of rotatable bonds is 5. The highest BCUT2D eigenvalue weighted by Gasteiger charge is 1.99. The van der Waals surface area contributed by atoms with Gasteiger partial charge in [0.25, 0.3) is 0 Å². The van der Waals surface area contributed by atoms with Crippen LogP contribution < -0.4 is 5.73 Å². The fourth-order valence-corrected chi connectivity index (χ4v) is 1.00. The molecule has 0 aliphatic heterocycles. The van der Waals surface area contributed by atoms with Gasteiger partial charge in [0.2, 0.25) is 0 Å². The lowest BCUT2D eigenvalue weighted by molar-refractivity contribution is 0.190. The highest BCUT2D eigenvalue weighted by molar-refractivity contribution is 5.85. The SMILES string of the molecule is COCCCn1cnnc1CN.Cl.Cl. The first-order chi connectivity index (χ1) is 5.88. The topological polar surface area (TPSA) is 66.0 Å². The Balaban J connectivity index is 0. The molecule has 0 unspecified atom stereocenters. The van der Waals surface area contributed by atoms with Crippen LogP contribution in [0, 0.1) is 0 Å². The number of hydrogen-bond acceptors (Lipinski definition) is 4. The maximum atomic E-state index is 5.44. The zero-order valence-electron chi connectivity index (χ0n) is 8.05. The van der Waals surface area contributed by atoms with Crippen LogP contribution in [0.15, 0.2) is 6.33 Å². The van der Waals surface area contributed by atoms with Crippen LogP contribution in [-0.4, -0.2) is 28.5 Å². The molecule has 0 aromatic carbocycles. The number of aromatic nitrogens is 3. The second-order valence-electron chi connectivity index (χ2n) is 2.49. The molecule has 1 rings (SSSR count). The molecule has 1 aromatic rings. The van der Waals surface area contributed by atoms with E-state index in [1.807, 2.05) is 4.57 Å². The summed E-state index contributed by atoms with van der Waals surface area (Å²) in [6.07, 6.45) is 2.65. The second kappa shape index (κ2) is 9.21. The van der Waals surface area contributed by atoms with E-state index in [9.17, 15) is 0 Å². The molecule has 0 aliphatic carbocycles. The molecule has 5 nitrogen and oxygen atoms in total. The van der Waals surface area contributed by atoms with Crippen LogP contribution in [0.2, 0.25) is 0 Å². The lowest BCUT2D eigenvalue weighted by atomic mass is 10.4. The van der Waals surface area contributed by atoms with Crippen molar-refractivity contribution in [2.24, 2.45) is 5.73 Å². The van der Waals surface area contributed by atoms with Gasteiger partial charge in [-0.25, -0.2) is 0 Å². The monoisotopic (exact) mass is 242 g/mol. The minimum Gasteiger partial charge on any atom is -0.385 e. The minimum absolute atomic E-state index is 0. The van der Waals surface area contributed by atoms with Gasteiger partial charge in [-0.15, -0.1) is 35.0 Å². The number of nitrogens with two attached hydrogens (primary N) is 1. The average molecular weight is 243 g/mol. The standard InChI is InChI=1S/C7H14N4O.2ClH/c1-12-4-2-3-11-6-9-10-7(11)5-8;;/h6H,2-5,8H2,1H3;2*1H. The molecule has 0 spiro atoms. The summed E-state index contributed by atoms with van der Waals surface area (Å²) in [5.41, 5.74) is 5.44. The summed E-state index contributed by atoms with van der Waals surface area (Å²) in [7, 11) is 1.69. The number of aryl methyl sites for hydroxylation is 1. The number of nitrogens with zero attached hydrogens (tertiary/aromatic N) is 3. The highest BCUT2D eigenvalue weighted by atomic mass is 35.5. The van der Waals surface area contributed by atoms with Crippen molar-refractivity contribution >= 4 is 24.8 Å². The van der Waals surface area contributed by atoms with Crippen LogP contribution in [-0.2, 0) is 17.8 Å². The molecule has 0 atom stereocenters. The first-order valence-corrected chi connectivity index (χ1v) is 3.94. The molecule has 0 bridgehead atoms. The lowest BCUT2D eigenvalue weighted by Gasteiger charge is -2.03. The molecule has 1 aromatic heterocycles. The van der Waals surface area contributed by atoms with Gasteiger partial charge in [0.05, 0.1) is 6.54 Å². The number of hydrogen-bond donors (Lipinski definition) is 1. The van der Waals surface area contributed by atoms with E-state index >= 15 is 0 Å². The van der Waals surface area contributed by atoms with Crippen molar-refractivity contribution in [1.29, 1.82) is 0 Å². The van der Waals surface area contributed by atoms with Crippen LogP contribution in [0.25, 0.3) is 0 Å². The number of ether oxygens (including phenoxy) is 1. The minimum atomic E-state index is 0. The lowest BCUT2D eigenvalue weighted by Crippen LogP contribution is -2.09. The van der Waals surface area contributed by atoms with Crippen LogP contribution in [0.3, 0.4) is 0 Å². The Morgan fingerprint density at radius 2 is 2.21 bits per heavy atom. The Morgan fingerprint density at radius 1 is 1.50 bits per heavy atom. The van der Waals surface area contributed by atoms with Crippen molar-refractivity contribution in [3.05, 3.63) is 12.2 Å². The largest absolute Gasteiger partial charge is 0.385 e. The van der Waals surface area contributed by atoms with Gasteiger partial charge in [-0.05, 0) is 6.42 Å². The van der Waals surface area contributed by atoms with Crippen molar-refractivity contribution < 1.29 is 4.74 Å². The molecule has 7 heteroatoms. The van der Waals surface area contributed by atoms with E-state index in [4.69, 9.17) is 10.5 Å². The van der Waals surface area contributed by atoms with Crippen molar-refractivity contribution in [3.8, 4) is 0 Å². The van der Waals surface area contributed by atoms with Crippen LogP contribution in [0.1, 0.15) is 12.2 Å². The Labute approximate surface area is 95.8 Å². The molecule has 0 saturated carbocycles. The summed E-state index contributed by atoms with van der Waals surface area (Å²) in [5, 5.41) is 7.62. The van der Waals surface area contributed by atoms with Crippen LogP contribution in [0.5, 0.6) is 0 Å². The van der Waals surface area contributed by atoms with Gasteiger partial charge in [0.15, 0.2) is 0 Å². The van der Waals surface area contributed by atoms with Gasteiger partial charge < -0.3 is 15.0 Å². The molecular weight excluding hydrogens is 227 g/mol. The summed E-state index contributed by atoms with van der Waals surface area (Å²) >= 11 is 0. The Bertz CT molecular complexity index is 231. The molecule has 0 aliphatic rings. The predicted octanol–water partition coefficient (Wildman–Crippen LogP) is 0.617. The molecule has 0 fully saturated rings. The molecule has 0 saturated heterocycles. The molecule has 84 valence electrons. The van der Waals surface area contributed by atoms with Gasteiger partial charge in [-0.3, -0.25) is 0 Å². The van der Waals surface area contributed by atoms with Crippen LogP contribution in [0.4, 0.5) is 0 Å². The van der Waals surface area contributed by atoms with E-state index in [-0.39, 0.29) is 24.8 Å². The van der Waals surface area contributed by atoms with Gasteiger partial charge in [0, 0.05) is 20.3 Å². The van der Waals surface area contributed by atoms with Crippen molar-refractivity contribution in [3.63, 3.8) is 0 Å². The molecule has 2 N–H and O–H groups in total. The quantitative estimate of drug-likeness (QED) is 0.770. The van der Waals surface area contributed by atoms with E-state index in [1.54, 1.807) is 13.4 Å². The molecule has 14 heavy (non-hydrogen) atoms. The number of methoxy groups -OCH3 is 1. The highest BCUT2D eigenvalue weighted by Crippen LogP contribution is 1.95. The second-order valence-corrected chi connectivity index (χ2v) is 2.49. The fraction of sp³-hybridized carbons (Fsp3) is 0.714. The van der Waals surface area contributed by atoms with Crippen LogP contribution >= 0.6 is 24.8 Å². The van der Waals surface area contributed by atoms with E-state index in [2.05, 4.69) is 10.2 Å². The fourth-order valence-electron chi connectivity index (χ4n) is 1.00. The predicted molar refractivity (Wildman–Crippen MR) is 58.9 cm³/mol. The van der Waals surface area contributed by atoms with Gasteiger partial charge in [-0.2, -0.15) is 0 Å². The average Bonchev–Trinajstić information content (AvgIpc) is 2.52. The Hall–Kier alpha value is -0.360. The third-order valence-electron chi connectivity index (χ3n) is 1.63. The van der Waals surface area contributed by atoms with E-state index in [0.29, 0.717) is 6.54 Å². The first kappa shape index (κ1) is 16.1. The van der Waals surface area contributed by atoms with E-state index in [1.165, 1.54) is 0 Å². The van der Waals surface area contributed by atoms with Crippen molar-refractivity contribution in [2.75, 3.05) is 13.7 Å². The Morgan fingerprint density at radius 3 is 2.79 bits per heavy atom. The molecule has 0 amide bonds.